The number of hydrogen-bond acceptors (Lipinski definition) is 2. The first-order chi connectivity index (χ1) is 13.7. The monoisotopic (exact) mass is 434 g/mol. The average molecular weight is 435 g/mol. The van der Waals surface area contributed by atoms with Crippen molar-refractivity contribution in [3.05, 3.63) is 24.3 Å². The Morgan fingerprint density at radius 3 is 2.33 bits per heavy atom. The third-order valence-corrected chi connectivity index (χ3v) is 13.1. The van der Waals surface area contributed by atoms with E-state index in [1.54, 1.807) is 0 Å². The normalized spacial score (nSPS) is 32.5. The van der Waals surface area contributed by atoms with Crippen LogP contribution < -0.4 is 0 Å². The molecule has 0 bridgehead atoms. The Morgan fingerprint density at radius 2 is 1.73 bits per heavy atom. The van der Waals surface area contributed by atoms with Crippen LogP contribution in [0.4, 0.5) is 0 Å². The SMILES string of the molecule is C[C@H](CC=CC=CC(C)(C)O)[C@H]1CCC[C@H]2[C@@H](O[Si](C)(C)C(C)(C)C)CCC[C@]12C. The zero-order valence-electron chi connectivity index (χ0n) is 21.4. The number of fused-ring (bicyclic) bond motifs is 1. The van der Waals surface area contributed by atoms with E-state index < -0.39 is 13.9 Å². The Labute approximate surface area is 188 Å². The summed E-state index contributed by atoms with van der Waals surface area (Å²) in [5.41, 5.74) is -0.318. The molecule has 2 nitrogen and oxygen atoms in total. The summed E-state index contributed by atoms with van der Waals surface area (Å²) < 4.78 is 7.04. The molecule has 0 aromatic heterocycles. The quantitative estimate of drug-likeness (QED) is 0.326. The van der Waals surface area contributed by atoms with Crippen molar-refractivity contribution in [2.75, 3.05) is 0 Å². The van der Waals surface area contributed by atoms with Crippen LogP contribution in [0.1, 0.15) is 93.4 Å². The summed E-state index contributed by atoms with van der Waals surface area (Å²) in [6, 6.07) is 0. The van der Waals surface area contributed by atoms with E-state index in [-0.39, 0.29) is 5.04 Å². The number of allylic oxidation sites excluding steroid dienone is 3. The molecule has 1 N–H and O–H groups in total. The molecule has 2 fully saturated rings. The van der Waals surface area contributed by atoms with E-state index in [1.165, 1.54) is 38.5 Å². The van der Waals surface area contributed by atoms with Gasteiger partial charge < -0.3 is 9.53 Å². The van der Waals surface area contributed by atoms with Crippen molar-refractivity contribution >= 4 is 8.32 Å². The van der Waals surface area contributed by atoms with Crippen LogP contribution in [0.25, 0.3) is 0 Å². The van der Waals surface area contributed by atoms with Crippen LogP contribution in [-0.2, 0) is 4.43 Å². The van der Waals surface area contributed by atoms with Gasteiger partial charge in [0.05, 0.1) is 5.60 Å². The molecule has 5 atom stereocenters. The Balaban J connectivity index is 2.09. The van der Waals surface area contributed by atoms with Crippen molar-refractivity contribution < 1.29 is 9.53 Å². The van der Waals surface area contributed by atoms with Gasteiger partial charge in [-0.15, -0.1) is 0 Å². The van der Waals surface area contributed by atoms with Gasteiger partial charge in [0.2, 0.25) is 0 Å². The molecule has 0 saturated heterocycles. The molecule has 2 aliphatic rings. The van der Waals surface area contributed by atoms with Gasteiger partial charge in [-0.3, -0.25) is 0 Å². The molecule has 0 aromatic carbocycles. The largest absolute Gasteiger partial charge is 0.414 e. The molecule has 0 radical (unpaired) electrons. The van der Waals surface area contributed by atoms with Gasteiger partial charge in [-0.1, -0.05) is 71.8 Å². The maximum atomic E-state index is 9.82. The molecule has 0 unspecified atom stereocenters. The minimum atomic E-state index is -1.74. The van der Waals surface area contributed by atoms with Gasteiger partial charge in [-0.05, 0) is 87.3 Å². The van der Waals surface area contributed by atoms with Gasteiger partial charge in [0.25, 0.3) is 0 Å². The van der Waals surface area contributed by atoms with Crippen LogP contribution >= 0.6 is 0 Å². The Hall–Kier alpha value is -0.383. The molecule has 2 aliphatic carbocycles. The van der Waals surface area contributed by atoms with Gasteiger partial charge in [-0.25, -0.2) is 0 Å². The molecule has 2 rings (SSSR count). The van der Waals surface area contributed by atoms with Crippen LogP contribution in [0, 0.1) is 23.2 Å². The van der Waals surface area contributed by atoms with E-state index in [0.29, 0.717) is 17.4 Å². The third-order valence-electron chi connectivity index (χ3n) is 8.58. The zero-order valence-corrected chi connectivity index (χ0v) is 22.4. The lowest BCUT2D eigenvalue weighted by Crippen LogP contribution is -2.54. The van der Waals surface area contributed by atoms with Crippen molar-refractivity contribution in [3.8, 4) is 0 Å². The standard InChI is InChI=1S/C27H50O2Si/c1-21(15-11-10-12-19-26(5,6)28)22-16-13-17-23-24(18-14-20-27(22,23)7)29-30(8,9)25(2,3)4/h10-12,19,21-24,28H,13-18,20H2,1-9H3/t21-,22-,23+,24+,27-/m1/s1. The second kappa shape index (κ2) is 9.63. The molecule has 0 aliphatic heterocycles. The minimum Gasteiger partial charge on any atom is -0.414 e. The number of hydrogen-bond donors (Lipinski definition) is 1. The molecule has 0 aromatic rings. The fourth-order valence-electron chi connectivity index (χ4n) is 5.82. The fourth-order valence-corrected chi connectivity index (χ4v) is 7.21. The Kier molecular flexibility index (Phi) is 8.30. The maximum Gasteiger partial charge on any atom is 0.192 e. The summed E-state index contributed by atoms with van der Waals surface area (Å²) in [6.07, 6.45) is 17.9. The van der Waals surface area contributed by atoms with Crippen LogP contribution in [0.15, 0.2) is 24.3 Å². The highest BCUT2D eigenvalue weighted by Crippen LogP contribution is 2.57. The summed E-state index contributed by atoms with van der Waals surface area (Å²) in [4.78, 5) is 0. The minimum absolute atomic E-state index is 0.281. The summed E-state index contributed by atoms with van der Waals surface area (Å²) in [5.74, 6) is 2.20. The Morgan fingerprint density at radius 1 is 1.07 bits per heavy atom. The molecular weight excluding hydrogens is 384 g/mol. The highest BCUT2D eigenvalue weighted by Gasteiger charge is 2.52. The zero-order chi connectivity index (χ0) is 22.8. The van der Waals surface area contributed by atoms with Crippen molar-refractivity contribution in [1.29, 1.82) is 0 Å². The van der Waals surface area contributed by atoms with Crippen LogP contribution in [0.2, 0.25) is 18.1 Å². The molecule has 0 amide bonds. The lowest BCUT2D eigenvalue weighted by atomic mass is 9.52. The van der Waals surface area contributed by atoms with Gasteiger partial charge in [0.15, 0.2) is 8.32 Å². The highest BCUT2D eigenvalue weighted by molar-refractivity contribution is 6.74. The molecule has 2 saturated carbocycles. The average Bonchev–Trinajstić information content (AvgIpc) is 2.58. The second-order valence-electron chi connectivity index (χ2n) is 12.6. The van der Waals surface area contributed by atoms with Crippen molar-refractivity contribution in [3.63, 3.8) is 0 Å². The topological polar surface area (TPSA) is 29.5 Å². The van der Waals surface area contributed by atoms with Crippen molar-refractivity contribution in [2.45, 2.75) is 123 Å². The van der Waals surface area contributed by atoms with E-state index in [0.717, 1.165) is 18.3 Å². The fraction of sp³-hybridized carbons (Fsp3) is 0.852. The van der Waals surface area contributed by atoms with E-state index >= 15 is 0 Å². The van der Waals surface area contributed by atoms with E-state index in [4.69, 9.17) is 4.43 Å². The van der Waals surface area contributed by atoms with E-state index in [2.05, 4.69) is 59.9 Å². The predicted molar refractivity (Wildman–Crippen MR) is 133 cm³/mol. The highest BCUT2D eigenvalue weighted by atomic mass is 28.4. The third kappa shape index (κ3) is 6.33. The first kappa shape index (κ1) is 25.9. The lowest BCUT2D eigenvalue weighted by Gasteiger charge is -2.56. The predicted octanol–water partition coefficient (Wildman–Crippen LogP) is 7.89. The van der Waals surface area contributed by atoms with E-state index in [1.807, 2.05) is 26.0 Å². The van der Waals surface area contributed by atoms with Gasteiger partial charge in [-0.2, -0.15) is 0 Å². The van der Waals surface area contributed by atoms with Crippen molar-refractivity contribution in [2.24, 2.45) is 23.2 Å². The summed E-state index contributed by atoms with van der Waals surface area (Å²) in [7, 11) is -1.74. The van der Waals surface area contributed by atoms with Crippen molar-refractivity contribution in [1.82, 2.24) is 0 Å². The molecule has 3 heteroatoms. The van der Waals surface area contributed by atoms with E-state index in [9.17, 15) is 5.11 Å². The Bertz CT molecular complexity index is 607. The first-order valence-electron chi connectivity index (χ1n) is 12.4. The first-order valence-corrected chi connectivity index (χ1v) is 15.3. The second-order valence-corrected chi connectivity index (χ2v) is 17.4. The van der Waals surface area contributed by atoms with Gasteiger partial charge in [0, 0.05) is 6.10 Å². The molecule has 0 heterocycles. The summed E-state index contributed by atoms with van der Waals surface area (Å²) >= 11 is 0. The van der Waals surface area contributed by atoms with Crippen LogP contribution in [-0.4, -0.2) is 25.1 Å². The lowest BCUT2D eigenvalue weighted by molar-refractivity contribution is -0.0862. The number of aliphatic hydroxyl groups is 1. The summed E-state index contributed by atoms with van der Waals surface area (Å²) in [5, 5.41) is 10.1. The maximum absolute atomic E-state index is 9.82. The molecule has 174 valence electrons. The number of rotatable bonds is 7. The van der Waals surface area contributed by atoms with Gasteiger partial charge in [0.1, 0.15) is 0 Å². The summed E-state index contributed by atoms with van der Waals surface area (Å²) in [6.45, 7) is 20.6. The van der Waals surface area contributed by atoms with Gasteiger partial charge >= 0.3 is 0 Å². The van der Waals surface area contributed by atoms with Crippen LogP contribution in [0.3, 0.4) is 0 Å². The molecule has 30 heavy (non-hydrogen) atoms. The smallest absolute Gasteiger partial charge is 0.192 e. The molecule has 0 spiro atoms. The van der Waals surface area contributed by atoms with Crippen LogP contribution in [0.5, 0.6) is 0 Å². The molecular formula is C27H50O2Si.